The van der Waals surface area contributed by atoms with Crippen molar-refractivity contribution in [2.45, 2.75) is 63.8 Å². The average Bonchev–Trinajstić information content (AvgIpc) is 3.18. The van der Waals surface area contributed by atoms with E-state index in [9.17, 15) is 24.6 Å². The van der Waals surface area contributed by atoms with E-state index in [4.69, 9.17) is 0 Å². The van der Waals surface area contributed by atoms with Crippen molar-refractivity contribution in [3.63, 3.8) is 0 Å². The van der Waals surface area contributed by atoms with Crippen molar-refractivity contribution in [2.75, 3.05) is 0 Å². The van der Waals surface area contributed by atoms with Crippen LogP contribution in [0, 0.1) is 11.8 Å². The Morgan fingerprint density at radius 2 is 1.09 bits per heavy atom. The molecule has 2 aliphatic rings. The van der Waals surface area contributed by atoms with Crippen LogP contribution in [0.4, 0.5) is 4.79 Å². The van der Waals surface area contributed by atoms with Gasteiger partial charge in [-0.15, -0.1) is 0 Å². The van der Waals surface area contributed by atoms with Crippen LogP contribution < -0.4 is 0 Å². The molecule has 0 bridgehead atoms. The monoisotopic (exact) mass is 464 g/mol. The molecule has 4 amide bonds. The second kappa shape index (κ2) is 10.1. The Hall–Kier alpha value is -3.03. The number of aliphatic hydroxyl groups excluding tert-OH is 2. The molecule has 0 spiro atoms. The summed E-state index contributed by atoms with van der Waals surface area (Å²) in [7, 11) is 0. The number of fused-ring (bicyclic) bond motifs is 1. The first kappa shape index (κ1) is 24.1. The van der Waals surface area contributed by atoms with E-state index in [-0.39, 0.29) is 0 Å². The van der Waals surface area contributed by atoms with Crippen molar-refractivity contribution in [2.24, 2.45) is 11.8 Å². The highest BCUT2D eigenvalue weighted by molar-refractivity contribution is 6.06. The number of rotatable bonds is 6. The van der Waals surface area contributed by atoms with Crippen LogP contribution in [0.25, 0.3) is 0 Å². The first-order valence-electron chi connectivity index (χ1n) is 12.0. The van der Waals surface area contributed by atoms with E-state index < -0.39 is 54.0 Å². The number of carbonyl (C=O) groups is 3. The molecular weight excluding hydrogens is 432 g/mol. The molecule has 2 fully saturated rings. The van der Waals surface area contributed by atoms with Gasteiger partial charge in [-0.25, -0.2) is 4.79 Å². The molecule has 0 unspecified atom stereocenters. The van der Waals surface area contributed by atoms with E-state index in [0.717, 1.165) is 12.8 Å². The molecule has 4 rings (SSSR count). The van der Waals surface area contributed by atoms with E-state index in [1.165, 1.54) is 9.80 Å². The summed E-state index contributed by atoms with van der Waals surface area (Å²) >= 11 is 0. The lowest BCUT2D eigenvalue weighted by Gasteiger charge is -2.32. The average molecular weight is 465 g/mol. The third-order valence-electron chi connectivity index (χ3n) is 7.25. The number of urea groups is 1. The number of amides is 4. The fourth-order valence-corrected chi connectivity index (χ4v) is 5.20. The molecule has 1 aliphatic carbocycles. The SMILES string of the molecule is C[C@H](C(=O)N1C(=O)N(C(=O)[C@H](C)[C@H](O)c2ccccc2)[C@@H]2CCCC[C@@H]21)[C@H](O)c1ccccc1. The van der Waals surface area contributed by atoms with Crippen LogP contribution in [0.2, 0.25) is 0 Å². The van der Waals surface area contributed by atoms with Crippen LogP contribution in [-0.4, -0.2) is 49.9 Å². The topological polar surface area (TPSA) is 98.2 Å². The van der Waals surface area contributed by atoms with Crippen LogP contribution in [0.5, 0.6) is 0 Å². The number of hydrogen-bond acceptors (Lipinski definition) is 5. The third kappa shape index (κ3) is 4.38. The fraction of sp³-hybridized carbons (Fsp3) is 0.444. The molecule has 1 heterocycles. The second-order valence-corrected chi connectivity index (χ2v) is 9.41. The van der Waals surface area contributed by atoms with Gasteiger partial charge < -0.3 is 10.2 Å². The molecule has 2 aromatic carbocycles. The summed E-state index contributed by atoms with van der Waals surface area (Å²) in [6, 6.07) is 16.3. The second-order valence-electron chi connectivity index (χ2n) is 9.41. The van der Waals surface area contributed by atoms with Crippen LogP contribution in [0.15, 0.2) is 60.7 Å². The normalized spacial score (nSPS) is 23.7. The molecule has 1 saturated heterocycles. The maximum Gasteiger partial charge on any atom is 0.334 e. The minimum absolute atomic E-state index is 0.413. The zero-order valence-electron chi connectivity index (χ0n) is 19.6. The zero-order valence-corrected chi connectivity index (χ0v) is 19.6. The number of nitrogens with zero attached hydrogens (tertiary/aromatic N) is 2. The quantitative estimate of drug-likeness (QED) is 0.677. The van der Waals surface area contributed by atoms with Gasteiger partial charge in [0.1, 0.15) is 0 Å². The van der Waals surface area contributed by atoms with Gasteiger partial charge in [0.25, 0.3) is 0 Å². The predicted molar refractivity (Wildman–Crippen MR) is 126 cm³/mol. The molecule has 180 valence electrons. The van der Waals surface area contributed by atoms with Crippen LogP contribution in [-0.2, 0) is 9.59 Å². The Morgan fingerprint density at radius 3 is 1.44 bits per heavy atom. The van der Waals surface area contributed by atoms with Crippen molar-refractivity contribution in [1.82, 2.24) is 9.80 Å². The Morgan fingerprint density at radius 1 is 0.735 bits per heavy atom. The highest BCUT2D eigenvalue weighted by Crippen LogP contribution is 2.38. The first-order valence-corrected chi connectivity index (χ1v) is 12.0. The van der Waals surface area contributed by atoms with Gasteiger partial charge >= 0.3 is 6.03 Å². The number of carbonyl (C=O) groups excluding carboxylic acids is 3. The van der Waals surface area contributed by atoms with E-state index in [0.29, 0.717) is 24.0 Å². The maximum atomic E-state index is 13.5. The van der Waals surface area contributed by atoms with Gasteiger partial charge in [-0.1, -0.05) is 87.4 Å². The lowest BCUT2D eigenvalue weighted by atomic mass is 9.88. The fourth-order valence-electron chi connectivity index (χ4n) is 5.20. The molecule has 7 nitrogen and oxygen atoms in total. The number of aliphatic hydroxyl groups is 2. The lowest BCUT2D eigenvalue weighted by Crippen LogP contribution is -2.45. The van der Waals surface area contributed by atoms with Crippen molar-refractivity contribution in [1.29, 1.82) is 0 Å². The third-order valence-corrected chi connectivity index (χ3v) is 7.25. The molecule has 34 heavy (non-hydrogen) atoms. The zero-order chi connectivity index (χ0) is 24.4. The minimum Gasteiger partial charge on any atom is -0.388 e. The minimum atomic E-state index is -1.06. The Bertz CT molecular complexity index is 946. The maximum absolute atomic E-state index is 13.5. The predicted octanol–water partition coefficient (Wildman–Crippen LogP) is 3.83. The summed E-state index contributed by atoms with van der Waals surface area (Å²) in [5, 5.41) is 21.6. The van der Waals surface area contributed by atoms with E-state index in [2.05, 4.69) is 0 Å². The number of benzene rings is 2. The molecule has 1 saturated carbocycles. The van der Waals surface area contributed by atoms with Crippen LogP contribution >= 0.6 is 0 Å². The van der Waals surface area contributed by atoms with Gasteiger partial charge in [-0.2, -0.15) is 0 Å². The Kier molecular flexibility index (Phi) is 7.14. The summed E-state index contributed by atoms with van der Waals surface area (Å²) in [5.74, 6) is -2.66. The summed E-state index contributed by atoms with van der Waals surface area (Å²) in [5.41, 5.74) is 1.20. The van der Waals surface area contributed by atoms with Gasteiger partial charge in [0.2, 0.25) is 11.8 Å². The Labute approximate surface area is 200 Å². The molecule has 7 heteroatoms. The summed E-state index contributed by atoms with van der Waals surface area (Å²) in [6.07, 6.45) is 0.834. The highest BCUT2D eigenvalue weighted by atomic mass is 16.3. The molecule has 2 N–H and O–H groups in total. The van der Waals surface area contributed by atoms with E-state index >= 15 is 0 Å². The van der Waals surface area contributed by atoms with Crippen molar-refractivity contribution in [3.8, 4) is 0 Å². The molecule has 0 aromatic heterocycles. The Balaban J connectivity index is 1.57. The molecular formula is C27H32N2O5. The summed E-state index contributed by atoms with van der Waals surface area (Å²) in [4.78, 5) is 42.9. The smallest absolute Gasteiger partial charge is 0.334 e. The van der Waals surface area contributed by atoms with Crippen molar-refractivity contribution < 1.29 is 24.6 Å². The van der Waals surface area contributed by atoms with E-state index in [1.807, 2.05) is 12.1 Å². The highest BCUT2D eigenvalue weighted by Gasteiger charge is 2.53. The van der Waals surface area contributed by atoms with Gasteiger partial charge in [0.05, 0.1) is 36.1 Å². The summed E-state index contributed by atoms with van der Waals surface area (Å²) < 4.78 is 0. The van der Waals surface area contributed by atoms with Gasteiger partial charge in [0.15, 0.2) is 0 Å². The van der Waals surface area contributed by atoms with Crippen molar-refractivity contribution >= 4 is 17.8 Å². The van der Waals surface area contributed by atoms with Crippen LogP contribution in [0.3, 0.4) is 0 Å². The molecule has 0 radical (unpaired) electrons. The van der Waals surface area contributed by atoms with Gasteiger partial charge in [-0.05, 0) is 24.0 Å². The molecule has 6 atom stereocenters. The number of hydrogen-bond donors (Lipinski definition) is 2. The lowest BCUT2D eigenvalue weighted by molar-refractivity contribution is -0.137. The first-order chi connectivity index (χ1) is 16.3. The van der Waals surface area contributed by atoms with Crippen LogP contribution in [0.1, 0.15) is 62.9 Å². The van der Waals surface area contributed by atoms with Gasteiger partial charge in [-0.3, -0.25) is 19.4 Å². The molecule has 2 aromatic rings. The largest absolute Gasteiger partial charge is 0.388 e. The molecule has 1 aliphatic heterocycles. The van der Waals surface area contributed by atoms with Crippen molar-refractivity contribution in [3.05, 3.63) is 71.8 Å². The summed E-state index contributed by atoms with van der Waals surface area (Å²) in [6.45, 7) is 3.22. The standard InChI is InChI=1S/C27H32N2O5/c1-17(23(30)19-11-5-3-6-12-19)25(32)28-21-15-9-10-16-22(21)29(27(28)34)26(33)18(2)24(31)20-13-7-4-8-14-20/h3-8,11-14,17-18,21-24,30-31H,9-10,15-16H2,1-2H3/t17-,18+,21-,22+,23-,24-/m0/s1. The number of imide groups is 2. The van der Waals surface area contributed by atoms with E-state index in [1.54, 1.807) is 62.4 Å². The van der Waals surface area contributed by atoms with Gasteiger partial charge in [0, 0.05) is 0 Å².